The maximum atomic E-state index is 13.3. The number of nitrogens with one attached hydrogen (secondary N) is 1. The van der Waals surface area contributed by atoms with Gasteiger partial charge in [0.25, 0.3) is 10.0 Å². The fourth-order valence-corrected chi connectivity index (χ4v) is 5.58. The molecular formula is C24H22N6O3S. The molecule has 34 heavy (non-hydrogen) atoms. The first-order valence-corrected chi connectivity index (χ1v) is 12.1. The Balaban J connectivity index is 1.36. The smallest absolute Gasteiger partial charge is 0.258 e. The maximum absolute atomic E-state index is 13.3. The van der Waals surface area contributed by atoms with Gasteiger partial charge in [0.1, 0.15) is 5.03 Å². The number of benzene rings is 1. The number of H-pyrrole nitrogens is 1. The first-order chi connectivity index (χ1) is 16.5. The van der Waals surface area contributed by atoms with E-state index in [2.05, 4.69) is 25.9 Å². The average molecular weight is 475 g/mol. The molecule has 1 saturated heterocycles. The Morgan fingerprint density at radius 1 is 1.09 bits per heavy atom. The molecule has 1 aliphatic heterocycles. The third-order valence-corrected chi connectivity index (χ3v) is 7.73. The van der Waals surface area contributed by atoms with Crippen LogP contribution in [-0.4, -0.2) is 70.0 Å². The lowest BCUT2D eigenvalue weighted by Crippen LogP contribution is -2.56. The molecule has 3 aromatic heterocycles. The highest BCUT2D eigenvalue weighted by molar-refractivity contribution is 7.89. The number of nitrogens with zero attached hydrogens (tertiary/aromatic N) is 5. The van der Waals surface area contributed by atoms with Crippen LogP contribution in [-0.2, 0) is 10.0 Å². The molecule has 0 saturated carbocycles. The summed E-state index contributed by atoms with van der Waals surface area (Å²) in [4.78, 5) is 17.8. The van der Waals surface area contributed by atoms with Crippen molar-refractivity contribution < 1.29 is 13.5 Å². The molecule has 0 bridgehead atoms. The second-order valence-corrected chi connectivity index (χ2v) is 9.89. The van der Waals surface area contributed by atoms with Crippen LogP contribution in [0.5, 0.6) is 0 Å². The summed E-state index contributed by atoms with van der Waals surface area (Å²) < 4.78 is 28.0. The third kappa shape index (κ3) is 4.01. The van der Waals surface area contributed by atoms with Gasteiger partial charge in [-0.15, -0.1) is 6.42 Å². The molecule has 4 heterocycles. The van der Waals surface area contributed by atoms with Gasteiger partial charge in [-0.1, -0.05) is 5.92 Å². The normalized spacial score (nSPS) is 17.1. The van der Waals surface area contributed by atoms with Crippen LogP contribution in [0.15, 0.2) is 66.2 Å². The average Bonchev–Trinajstić information content (AvgIpc) is 3.33. The largest absolute Gasteiger partial charge is 0.394 e. The Morgan fingerprint density at radius 3 is 2.56 bits per heavy atom. The van der Waals surface area contributed by atoms with Gasteiger partial charge in [-0.25, -0.2) is 18.4 Å². The molecule has 0 radical (unpaired) electrons. The molecule has 172 valence electrons. The van der Waals surface area contributed by atoms with Gasteiger partial charge in [-0.2, -0.15) is 4.31 Å². The zero-order valence-electron chi connectivity index (χ0n) is 18.2. The second-order valence-electron chi connectivity index (χ2n) is 7.98. The fraction of sp³-hybridized carbons (Fsp3) is 0.208. The van der Waals surface area contributed by atoms with Crippen LogP contribution in [0.4, 0.5) is 5.95 Å². The maximum Gasteiger partial charge on any atom is 0.258 e. The highest BCUT2D eigenvalue weighted by Crippen LogP contribution is 2.26. The summed E-state index contributed by atoms with van der Waals surface area (Å²) in [5.41, 5.74) is 3.17. The van der Waals surface area contributed by atoms with E-state index in [-0.39, 0.29) is 24.7 Å². The van der Waals surface area contributed by atoms with E-state index in [4.69, 9.17) is 6.42 Å². The Hall–Kier alpha value is -3.78. The van der Waals surface area contributed by atoms with Gasteiger partial charge >= 0.3 is 0 Å². The van der Waals surface area contributed by atoms with Gasteiger partial charge in [-0.05, 0) is 42.0 Å². The molecule has 10 heteroatoms. The van der Waals surface area contributed by atoms with Crippen molar-refractivity contribution in [2.24, 2.45) is 0 Å². The number of rotatable bonds is 5. The number of fused-ring (bicyclic) bond motifs is 1. The summed E-state index contributed by atoms with van der Waals surface area (Å²) in [7, 11) is -3.79. The summed E-state index contributed by atoms with van der Waals surface area (Å²) in [6.07, 6.45) is 12.3. The van der Waals surface area contributed by atoms with Crippen LogP contribution in [0.25, 0.3) is 22.0 Å². The summed E-state index contributed by atoms with van der Waals surface area (Å²) in [6.45, 7) is 0.457. The number of terminal acetylenes is 1. The Kier molecular flexibility index (Phi) is 5.75. The van der Waals surface area contributed by atoms with Gasteiger partial charge in [0, 0.05) is 66.5 Å². The number of aromatic nitrogens is 4. The van der Waals surface area contributed by atoms with Crippen molar-refractivity contribution in [3.05, 3.63) is 66.7 Å². The van der Waals surface area contributed by atoms with E-state index < -0.39 is 16.1 Å². The Morgan fingerprint density at radius 2 is 1.85 bits per heavy atom. The van der Waals surface area contributed by atoms with E-state index >= 15 is 0 Å². The van der Waals surface area contributed by atoms with E-state index in [0.717, 1.165) is 16.5 Å². The van der Waals surface area contributed by atoms with E-state index in [9.17, 15) is 13.5 Å². The molecule has 1 fully saturated rings. The van der Waals surface area contributed by atoms with Crippen molar-refractivity contribution >= 4 is 26.9 Å². The highest BCUT2D eigenvalue weighted by Gasteiger charge is 2.35. The van der Waals surface area contributed by atoms with Gasteiger partial charge in [0.05, 0.1) is 12.6 Å². The van der Waals surface area contributed by atoms with Crippen LogP contribution < -0.4 is 4.90 Å². The van der Waals surface area contributed by atoms with Gasteiger partial charge in [0.2, 0.25) is 5.95 Å². The number of pyridine rings is 1. The summed E-state index contributed by atoms with van der Waals surface area (Å²) >= 11 is 0. The topological polar surface area (TPSA) is 115 Å². The number of aliphatic hydroxyl groups excluding tert-OH is 1. The van der Waals surface area contributed by atoms with Crippen molar-refractivity contribution in [1.82, 2.24) is 24.2 Å². The van der Waals surface area contributed by atoms with Crippen LogP contribution in [0.1, 0.15) is 5.56 Å². The van der Waals surface area contributed by atoms with E-state index in [1.54, 1.807) is 49.1 Å². The quantitative estimate of drug-likeness (QED) is 0.424. The summed E-state index contributed by atoms with van der Waals surface area (Å²) in [5.74, 6) is 3.00. The molecule has 1 aliphatic rings. The zero-order valence-corrected chi connectivity index (χ0v) is 19.0. The number of sulfonamides is 1. The van der Waals surface area contributed by atoms with Crippen LogP contribution in [0.3, 0.4) is 0 Å². The molecule has 5 rings (SSSR count). The monoisotopic (exact) mass is 474 g/mol. The number of aliphatic hydroxyl groups is 1. The summed E-state index contributed by atoms with van der Waals surface area (Å²) in [6, 6.07) is 10.2. The van der Waals surface area contributed by atoms with Crippen molar-refractivity contribution in [1.29, 1.82) is 0 Å². The standard InChI is InChI=1S/C24H22N6O3S/c1-2-17-3-4-22-19(11-17)12-23(28-22)34(32,33)29-9-10-30(21(15-29)16-31)24-26-13-20(14-27-24)18-5-7-25-8-6-18/h1,3-8,11-14,21,28,31H,9-10,15-16H2. The molecule has 2 N–H and O–H groups in total. The van der Waals surface area contributed by atoms with Gasteiger partial charge in [0.15, 0.2) is 0 Å². The molecule has 9 nitrogen and oxygen atoms in total. The van der Waals surface area contributed by atoms with Crippen molar-refractivity contribution in [2.75, 3.05) is 31.1 Å². The molecule has 1 aromatic carbocycles. The van der Waals surface area contributed by atoms with E-state index in [0.29, 0.717) is 23.6 Å². The Labute approximate surface area is 197 Å². The number of piperazine rings is 1. The number of hydrogen-bond acceptors (Lipinski definition) is 7. The van der Waals surface area contributed by atoms with Crippen molar-refractivity contribution in [3.8, 4) is 23.5 Å². The predicted molar refractivity (Wildman–Crippen MR) is 128 cm³/mol. The fourth-order valence-electron chi connectivity index (χ4n) is 4.10. The lowest BCUT2D eigenvalue weighted by Gasteiger charge is -2.39. The zero-order chi connectivity index (χ0) is 23.7. The van der Waals surface area contributed by atoms with E-state index in [1.807, 2.05) is 17.0 Å². The molecule has 0 spiro atoms. The predicted octanol–water partition coefficient (Wildman–Crippen LogP) is 1.87. The molecule has 1 atom stereocenters. The molecule has 1 unspecified atom stereocenters. The minimum Gasteiger partial charge on any atom is -0.394 e. The number of aromatic amines is 1. The number of hydrogen-bond donors (Lipinski definition) is 2. The van der Waals surface area contributed by atoms with E-state index in [1.165, 1.54) is 4.31 Å². The van der Waals surface area contributed by atoms with Crippen molar-refractivity contribution in [2.45, 2.75) is 11.1 Å². The minimum absolute atomic E-state index is 0.0970. The van der Waals surface area contributed by atoms with Gasteiger partial charge in [-0.3, -0.25) is 4.98 Å². The molecule has 0 aliphatic carbocycles. The SMILES string of the molecule is C#Cc1ccc2[nH]c(S(=O)(=O)N3CCN(c4ncc(-c5ccncc5)cn4)C(CO)C3)cc2c1. The van der Waals surface area contributed by atoms with Gasteiger partial charge < -0.3 is 15.0 Å². The molecular weight excluding hydrogens is 452 g/mol. The van der Waals surface area contributed by atoms with Crippen LogP contribution in [0, 0.1) is 12.3 Å². The molecule has 0 amide bonds. The lowest BCUT2D eigenvalue weighted by atomic mass is 10.1. The first-order valence-electron chi connectivity index (χ1n) is 10.7. The first kappa shape index (κ1) is 22.0. The minimum atomic E-state index is -3.79. The van der Waals surface area contributed by atoms with Crippen LogP contribution in [0.2, 0.25) is 0 Å². The highest BCUT2D eigenvalue weighted by atomic mass is 32.2. The summed E-state index contributed by atoms with van der Waals surface area (Å²) in [5, 5.41) is 10.9. The molecule has 4 aromatic rings. The van der Waals surface area contributed by atoms with Crippen LogP contribution >= 0.6 is 0 Å². The Bertz CT molecular complexity index is 1460. The van der Waals surface area contributed by atoms with Crippen molar-refractivity contribution in [3.63, 3.8) is 0 Å². The second kappa shape index (κ2) is 8.87. The lowest BCUT2D eigenvalue weighted by molar-refractivity contribution is 0.216. The third-order valence-electron chi connectivity index (χ3n) is 5.95. The number of anilines is 1.